The molecule has 1 unspecified atom stereocenters. The van der Waals surface area contributed by atoms with Gasteiger partial charge in [-0.2, -0.15) is 0 Å². The molecule has 49 heavy (non-hydrogen) atoms. The van der Waals surface area contributed by atoms with Crippen LogP contribution in [0.15, 0.2) is 48.6 Å². The lowest BCUT2D eigenvalue weighted by molar-refractivity contribution is -0.193. The molecule has 2 heterocycles. The van der Waals surface area contributed by atoms with E-state index in [1.54, 1.807) is 0 Å². The summed E-state index contributed by atoms with van der Waals surface area (Å²) in [4.78, 5) is 2.37. The van der Waals surface area contributed by atoms with Gasteiger partial charge in [0.2, 0.25) is 0 Å². The zero-order valence-corrected chi connectivity index (χ0v) is 33.2. The van der Waals surface area contributed by atoms with Gasteiger partial charge in [-0.05, 0) is 84.1 Å². The first-order valence-electron chi connectivity index (χ1n) is 21.8. The summed E-state index contributed by atoms with van der Waals surface area (Å²) in [6, 6.07) is 0. The zero-order valence-electron chi connectivity index (χ0n) is 33.2. The van der Waals surface area contributed by atoms with Crippen LogP contribution >= 0.6 is 0 Å². The number of hydrogen-bond donors (Lipinski definition) is 0. The SMILES string of the molecule is CCCCC/C=C\C/C=C\CCCCCCCCCCC1(CCCCCCCCCC/C=C\C/C=C\CCCCC)OC2CN(C)C[C@@H]2O1. The number of unbranched alkanes of at least 4 members (excludes halogenated alkanes) is 22. The Kier molecular flexibility index (Phi) is 28.3. The molecule has 3 heteroatoms. The van der Waals surface area contributed by atoms with Gasteiger partial charge < -0.3 is 14.4 Å². The second kappa shape index (κ2) is 31.6. The molecular formula is C46H83NO2. The second-order valence-electron chi connectivity index (χ2n) is 15.5. The van der Waals surface area contributed by atoms with Gasteiger partial charge in [0.25, 0.3) is 0 Å². The highest BCUT2D eigenvalue weighted by molar-refractivity contribution is 4.95. The number of fused-ring (bicyclic) bond motifs is 1. The van der Waals surface area contributed by atoms with Crippen molar-refractivity contribution in [2.24, 2.45) is 0 Å². The standard InChI is InChI=1S/C46H83NO2/c1-4-6-8-10-12-14-16-18-20-22-24-26-28-30-32-34-36-38-40-46(48-44-42-47(3)43-45(44)49-46)41-39-37-35-33-31-29-27-25-23-21-19-17-15-13-11-9-7-5-2/h12-15,18-21,44-45H,4-11,16-17,22-43H2,1-3H3/b14-12-,15-13-,20-18-,21-19-/t44-,45?/m0/s1. The Morgan fingerprint density at radius 3 is 1.08 bits per heavy atom. The minimum atomic E-state index is -0.298. The van der Waals surface area contributed by atoms with Crippen LogP contribution in [0.2, 0.25) is 0 Å². The van der Waals surface area contributed by atoms with E-state index in [0.717, 1.165) is 38.8 Å². The number of rotatable bonds is 34. The van der Waals surface area contributed by atoms with E-state index in [0.29, 0.717) is 0 Å². The summed E-state index contributed by atoms with van der Waals surface area (Å²) in [5, 5.41) is 0. The minimum Gasteiger partial charge on any atom is -0.343 e. The molecule has 0 bridgehead atoms. The van der Waals surface area contributed by atoms with Crippen LogP contribution in [-0.4, -0.2) is 43.0 Å². The lowest BCUT2D eigenvalue weighted by Crippen LogP contribution is -2.34. The Bertz CT molecular complexity index is 776. The van der Waals surface area contributed by atoms with Gasteiger partial charge in [0, 0.05) is 25.9 Å². The lowest BCUT2D eigenvalue weighted by Gasteiger charge is -2.30. The maximum atomic E-state index is 6.73. The monoisotopic (exact) mass is 682 g/mol. The van der Waals surface area contributed by atoms with Crippen molar-refractivity contribution in [1.82, 2.24) is 4.90 Å². The minimum absolute atomic E-state index is 0.286. The molecule has 2 rings (SSSR count). The lowest BCUT2D eigenvalue weighted by atomic mass is 9.98. The molecule has 0 amide bonds. The van der Waals surface area contributed by atoms with Gasteiger partial charge >= 0.3 is 0 Å². The molecule has 0 N–H and O–H groups in total. The van der Waals surface area contributed by atoms with Crippen LogP contribution < -0.4 is 0 Å². The van der Waals surface area contributed by atoms with Crippen LogP contribution in [0.5, 0.6) is 0 Å². The molecule has 284 valence electrons. The maximum Gasteiger partial charge on any atom is 0.169 e. The van der Waals surface area contributed by atoms with E-state index in [4.69, 9.17) is 9.47 Å². The predicted octanol–water partition coefficient (Wildman–Crippen LogP) is 14.4. The first kappa shape index (κ1) is 44.0. The number of ether oxygens (including phenoxy) is 2. The van der Waals surface area contributed by atoms with E-state index in [2.05, 4.69) is 74.4 Å². The third kappa shape index (κ3) is 23.8. The first-order valence-corrected chi connectivity index (χ1v) is 21.8. The fraction of sp³-hybridized carbons (Fsp3) is 0.826. The van der Waals surface area contributed by atoms with Gasteiger partial charge in [0.15, 0.2) is 5.79 Å². The Balaban J connectivity index is 1.45. The van der Waals surface area contributed by atoms with Crippen molar-refractivity contribution in [3.63, 3.8) is 0 Å². The molecule has 0 radical (unpaired) electrons. The van der Waals surface area contributed by atoms with Gasteiger partial charge in [0.1, 0.15) is 12.2 Å². The molecule has 0 aromatic heterocycles. The van der Waals surface area contributed by atoms with Crippen molar-refractivity contribution in [3.05, 3.63) is 48.6 Å². The van der Waals surface area contributed by atoms with Crippen LogP contribution in [0.4, 0.5) is 0 Å². The van der Waals surface area contributed by atoms with E-state index in [1.807, 2.05) is 0 Å². The summed E-state index contributed by atoms with van der Waals surface area (Å²) in [5.74, 6) is -0.298. The Morgan fingerprint density at radius 1 is 0.429 bits per heavy atom. The molecule has 2 aliphatic rings. The second-order valence-corrected chi connectivity index (χ2v) is 15.5. The first-order chi connectivity index (χ1) is 24.2. The van der Waals surface area contributed by atoms with Gasteiger partial charge in [-0.1, -0.05) is 165 Å². The number of hydrogen-bond acceptors (Lipinski definition) is 3. The van der Waals surface area contributed by atoms with Crippen molar-refractivity contribution in [3.8, 4) is 0 Å². The third-order valence-electron chi connectivity index (χ3n) is 10.6. The Morgan fingerprint density at radius 2 is 0.735 bits per heavy atom. The van der Waals surface area contributed by atoms with Gasteiger partial charge in [0.05, 0.1) is 0 Å². The van der Waals surface area contributed by atoms with E-state index >= 15 is 0 Å². The van der Waals surface area contributed by atoms with Gasteiger partial charge in [-0.15, -0.1) is 0 Å². The van der Waals surface area contributed by atoms with E-state index in [1.165, 1.54) is 167 Å². The van der Waals surface area contributed by atoms with Crippen molar-refractivity contribution in [2.45, 2.75) is 224 Å². The van der Waals surface area contributed by atoms with Gasteiger partial charge in [-0.3, -0.25) is 0 Å². The number of likely N-dealkylation sites (tertiary alicyclic amines) is 1. The summed E-state index contributed by atoms with van der Waals surface area (Å²) in [6.07, 6.45) is 58.6. The zero-order chi connectivity index (χ0) is 34.9. The Hall–Kier alpha value is -1.16. The molecule has 0 saturated carbocycles. The molecule has 2 saturated heterocycles. The van der Waals surface area contributed by atoms with E-state index in [9.17, 15) is 0 Å². The number of likely N-dealkylation sites (N-methyl/N-ethyl adjacent to an activating group) is 1. The van der Waals surface area contributed by atoms with Crippen LogP contribution in [0, 0.1) is 0 Å². The van der Waals surface area contributed by atoms with Crippen LogP contribution in [0.1, 0.15) is 206 Å². The van der Waals surface area contributed by atoms with Crippen LogP contribution in [0.3, 0.4) is 0 Å². The topological polar surface area (TPSA) is 21.7 Å². The van der Waals surface area contributed by atoms with E-state index in [-0.39, 0.29) is 18.0 Å². The van der Waals surface area contributed by atoms with Crippen LogP contribution in [0.25, 0.3) is 0 Å². The molecule has 2 atom stereocenters. The highest BCUT2D eigenvalue weighted by Gasteiger charge is 2.49. The summed E-state index contributed by atoms with van der Waals surface area (Å²) >= 11 is 0. The fourth-order valence-corrected chi connectivity index (χ4v) is 7.56. The molecule has 0 aliphatic carbocycles. The highest BCUT2D eigenvalue weighted by Crippen LogP contribution is 2.40. The van der Waals surface area contributed by atoms with Crippen molar-refractivity contribution in [2.75, 3.05) is 20.1 Å². The maximum absolute atomic E-state index is 6.73. The summed E-state index contributed by atoms with van der Waals surface area (Å²) in [5.41, 5.74) is 0. The average molecular weight is 682 g/mol. The third-order valence-corrected chi connectivity index (χ3v) is 10.6. The summed E-state index contributed by atoms with van der Waals surface area (Å²) < 4.78 is 13.5. The molecule has 2 fully saturated rings. The van der Waals surface area contributed by atoms with Crippen molar-refractivity contribution >= 4 is 0 Å². The van der Waals surface area contributed by atoms with E-state index < -0.39 is 0 Å². The number of allylic oxidation sites excluding steroid dienone is 8. The van der Waals surface area contributed by atoms with Crippen LogP contribution in [-0.2, 0) is 9.47 Å². The van der Waals surface area contributed by atoms with Crippen molar-refractivity contribution in [1.29, 1.82) is 0 Å². The molecule has 0 aromatic carbocycles. The summed E-state index contributed by atoms with van der Waals surface area (Å²) in [7, 11) is 2.20. The largest absolute Gasteiger partial charge is 0.343 e. The number of nitrogens with zero attached hydrogens (tertiary/aromatic N) is 1. The molecule has 2 aliphatic heterocycles. The quantitative estimate of drug-likeness (QED) is 0.0498. The van der Waals surface area contributed by atoms with Gasteiger partial charge in [-0.25, -0.2) is 0 Å². The highest BCUT2D eigenvalue weighted by atomic mass is 16.8. The fourth-order valence-electron chi connectivity index (χ4n) is 7.56. The molecule has 0 spiro atoms. The average Bonchev–Trinajstić information content (AvgIpc) is 3.61. The summed E-state index contributed by atoms with van der Waals surface area (Å²) in [6.45, 7) is 6.61. The molecular weight excluding hydrogens is 599 g/mol. The molecule has 3 nitrogen and oxygen atoms in total. The predicted molar refractivity (Wildman–Crippen MR) is 216 cm³/mol. The Labute approximate surface area is 306 Å². The van der Waals surface area contributed by atoms with Crippen molar-refractivity contribution < 1.29 is 9.47 Å². The normalized spacial score (nSPS) is 19.6. The smallest absolute Gasteiger partial charge is 0.169 e. The molecule has 0 aromatic rings.